The maximum Gasteiger partial charge on any atom is 0.338 e. The minimum atomic E-state index is -0.879. The van der Waals surface area contributed by atoms with Gasteiger partial charge in [-0.15, -0.1) is 0 Å². The third kappa shape index (κ3) is 27.4. The fourth-order valence-electron chi connectivity index (χ4n) is 7.95. The van der Waals surface area contributed by atoms with Crippen molar-refractivity contribution in [3.8, 4) is 0 Å². The molecule has 0 heterocycles. The number of rotatable bonds is 40. The molecule has 0 spiro atoms. The van der Waals surface area contributed by atoms with E-state index in [2.05, 4.69) is 20.8 Å². The third-order valence-corrected chi connectivity index (χ3v) is 11.4. The van der Waals surface area contributed by atoms with E-state index < -0.39 is 5.97 Å². The second-order valence-corrected chi connectivity index (χ2v) is 16.4. The zero-order valence-corrected chi connectivity index (χ0v) is 35.7. The van der Waals surface area contributed by atoms with Crippen LogP contribution in [0.3, 0.4) is 0 Å². The SMILES string of the molecule is CCCCCCCCCCCCCCCOC(=O)c1ccc(C(=O)O)c(CCCCCCCCCCCCC)c1CCCCCCCCCCCCC. The summed E-state index contributed by atoms with van der Waals surface area (Å²) in [4.78, 5) is 25.9. The number of esters is 1. The fourth-order valence-corrected chi connectivity index (χ4v) is 7.95. The first-order chi connectivity index (χ1) is 26.1. The Labute approximate surface area is 329 Å². The summed E-state index contributed by atoms with van der Waals surface area (Å²) in [6.45, 7) is 7.26. The fraction of sp³-hybridized carbons (Fsp3) is 0.837. The maximum atomic E-state index is 13.5. The summed E-state index contributed by atoms with van der Waals surface area (Å²) in [5.74, 6) is -1.14. The number of hydrogen-bond donors (Lipinski definition) is 1. The van der Waals surface area contributed by atoms with E-state index >= 15 is 0 Å². The minimum absolute atomic E-state index is 0.265. The van der Waals surface area contributed by atoms with Crippen molar-refractivity contribution in [1.29, 1.82) is 0 Å². The number of carboxylic acids is 1. The smallest absolute Gasteiger partial charge is 0.338 e. The lowest BCUT2D eigenvalue weighted by molar-refractivity contribution is 0.0495. The van der Waals surface area contributed by atoms with E-state index in [1.54, 1.807) is 12.1 Å². The highest BCUT2D eigenvalue weighted by Gasteiger charge is 2.21. The molecule has 0 aliphatic rings. The van der Waals surface area contributed by atoms with Crippen molar-refractivity contribution in [3.05, 3.63) is 34.4 Å². The Hall–Kier alpha value is -1.84. The Bertz CT molecular complexity index is 985. The maximum absolute atomic E-state index is 13.5. The normalized spacial score (nSPS) is 11.4. The molecule has 4 heteroatoms. The van der Waals surface area contributed by atoms with Crippen LogP contribution < -0.4 is 0 Å². The molecule has 1 rings (SSSR count). The van der Waals surface area contributed by atoms with E-state index in [-0.39, 0.29) is 5.97 Å². The van der Waals surface area contributed by atoms with Crippen LogP contribution in [0, 0.1) is 0 Å². The number of unbranched alkanes of at least 4 members (excludes halogenated alkanes) is 32. The Morgan fingerprint density at radius 1 is 0.396 bits per heavy atom. The molecule has 4 nitrogen and oxygen atoms in total. The van der Waals surface area contributed by atoms with Gasteiger partial charge in [0.25, 0.3) is 0 Å². The number of aromatic carboxylic acids is 1. The van der Waals surface area contributed by atoms with Gasteiger partial charge in [0.1, 0.15) is 0 Å². The molecule has 0 aromatic heterocycles. The molecule has 0 aliphatic carbocycles. The summed E-state index contributed by atoms with van der Waals surface area (Å²) in [5, 5.41) is 10.2. The summed E-state index contributed by atoms with van der Waals surface area (Å²) < 4.78 is 5.86. The summed E-state index contributed by atoms with van der Waals surface area (Å²) in [6, 6.07) is 3.41. The monoisotopic (exact) mass is 741 g/mol. The predicted octanol–water partition coefficient (Wildman–Crippen LogP) is 16.3. The van der Waals surface area contributed by atoms with Gasteiger partial charge in [-0.05, 0) is 55.4 Å². The second-order valence-electron chi connectivity index (χ2n) is 16.4. The zero-order chi connectivity index (χ0) is 38.5. The number of carboxylic acid groups (broad SMARTS) is 1. The molecule has 53 heavy (non-hydrogen) atoms. The summed E-state index contributed by atoms with van der Waals surface area (Å²) >= 11 is 0. The van der Waals surface area contributed by atoms with Crippen molar-refractivity contribution >= 4 is 11.9 Å². The number of benzene rings is 1. The summed E-state index contributed by atoms with van der Waals surface area (Å²) in [7, 11) is 0. The Morgan fingerprint density at radius 2 is 0.660 bits per heavy atom. The van der Waals surface area contributed by atoms with E-state index in [4.69, 9.17) is 4.74 Å². The second kappa shape index (κ2) is 37.1. The van der Waals surface area contributed by atoms with Gasteiger partial charge in [0, 0.05) is 0 Å². The third-order valence-electron chi connectivity index (χ3n) is 11.4. The number of carbonyl (C=O) groups excluding carboxylic acids is 1. The molecule has 0 unspecified atom stereocenters. The van der Waals surface area contributed by atoms with Crippen molar-refractivity contribution < 1.29 is 19.4 Å². The van der Waals surface area contributed by atoms with E-state index in [1.165, 1.54) is 186 Å². The molecule has 0 atom stereocenters. The molecule has 308 valence electrons. The van der Waals surface area contributed by atoms with Gasteiger partial charge >= 0.3 is 11.9 Å². The van der Waals surface area contributed by atoms with Crippen LogP contribution in [0.15, 0.2) is 12.1 Å². The van der Waals surface area contributed by atoms with Crippen molar-refractivity contribution in [2.75, 3.05) is 6.61 Å². The largest absolute Gasteiger partial charge is 0.478 e. The summed E-state index contributed by atoms with van der Waals surface area (Å²) in [5.41, 5.74) is 2.82. The zero-order valence-electron chi connectivity index (χ0n) is 35.7. The molecule has 1 aromatic carbocycles. The highest BCUT2D eigenvalue weighted by Crippen LogP contribution is 2.26. The van der Waals surface area contributed by atoms with E-state index in [9.17, 15) is 14.7 Å². The minimum Gasteiger partial charge on any atom is -0.478 e. The topological polar surface area (TPSA) is 63.6 Å². The lowest BCUT2D eigenvalue weighted by Gasteiger charge is -2.17. The molecule has 0 fully saturated rings. The van der Waals surface area contributed by atoms with Crippen LogP contribution in [-0.2, 0) is 17.6 Å². The summed E-state index contributed by atoms with van der Waals surface area (Å²) in [6.07, 6.45) is 46.2. The van der Waals surface area contributed by atoms with Gasteiger partial charge in [0.2, 0.25) is 0 Å². The Balaban J connectivity index is 2.63. The van der Waals surface area contributed by atoms with Gasteiger partial charge in [-0.25, -0.2) is 9.59 Å². The van der Waals surface area contributed by atoms with Crippen molar-refractivity contribution in [1.82, 2.24) is 0 Å². The molecular weight excluding hydrogens is 653 g/mol. The molecular formula is C49H88O4. The lowest BCUT2D eigenvalue weighted by atomic mass is 9.88. The van der Waals surface area contributed by atoms with Crippen LogP contribution in [0.2, 0.25) is 0 Å². The standard InChI is InChI=1S/C49H88O4/c1-4-7-10-13-16-19-22-23-26-29-32-35-38-43-53-49(52)47-42-41-46(48(50)51)44(39-36-33-30-27-24-20-17-14-11-8-5-2)45(47)40-37-34-31-28-25-21-18-15-12-9-6-3/h41-42H,4-40,43H2,1-3H3,(H,50,51). The van der Waals surface area contributed by atoms with Crippen molar-refractivity contribution in [2.24, 2.45) is 0 Å². The average molecular weight is 741 g/mol. The average Bonchev–Trinajstić information content (AvgIpc) is 3.16. The van der Waals surface area contributed by atoms with Crippen LogP contribution in [0.1, 0.15) is 277 Å². The Kier molecular flexibility index (Phi) is 34.4. The first-order valence-corrected chi connectivity index (χ1v) is 23.6. The lowest BCUT2D eigenvalue weighted by Crippen LogP contribution is -2.15. The van der Waals surface area contributed by atoms with E-state index in [0.29, 0.717) is 17.7 Å². The molecule has 0 amide bonds. The van der Waals surface area contributed by atoms with Gasteiger partial charge in [0.05, 0.1) is 17.7 Å². The number of ether oxygens (including phenoxy) is 1. The van der Waals surface area contributed by atoms with Crippen LogP contribution in [0.25, 0.3) is 0 Å². The molecule has 1 N–H and O–H groups in total. The number of hydrogen-bond acceptors (Lipinski definition) is 3. The van der Waals surface area contributed by atoms with Gasteiger partial charge in [0.15, 0.2) is 0 Å². The molecule has 0 bridgehead atoms. The predicted molar refractivity (Wildman–Crippen MR) is 230 cm³/mol. The van der Waals surface area contributed by atoms with Gasteiger partial charge in [-0.3, -0.25) is 0 Å². The van der Waals surface area contributed by atoms with Crippen LogP contribution in [-0.4, -0.2) is 23.7 Å². The highest BCUT2D eigenvalue weighted by atomic mass is 16.5. The molecule has 0 radical (unpaired) electrons. The highest BCUT2D eigenvalue weighted by molar-refractivity contribution is 5.95. The van der Waals surface area contributed by atoms with Gasteiger partial charge < -0.3 is 9.84 Å². The first-order valence-electron chi connectivity index (χ1n) is 23.6. The van der Waals surface area contributed by atoms with Gasteiger partial charge in [-0.1, -0.05) is 226 Å². The van der Waals surface area contributed by atoms with Crippen LogP contribution >= 0.6 is 0 Å². The van der Waals surface area contributed by atoms with Gasteiger partial charge in [-0.2, -0.15) is 0 Å². The molecule has 0 saturated carbocycles. The van der Waals surface area contributed by atoms with Crippen LogP contribution in [0.5, 0.6) is 0 Å². The van der Waals surface area contributed by atoms with E-state index in [1.807, 2.05) is 0 Å². The molecule has 0 saturated heterocycles. The molecule has 0 aliphatic heterocycles. The van der Waals surface area contributed by atoms with Crippen LogP contribution in [0.4, 0.5) is 0 Å². The van der Waals surface area contributed by atoms with Crippen molar-refractivity contribution in [2.45, 2.75) is 258 Å². The number of carbonyl (C=O) groups is 2. The van der Waals surface area contributed by atoms with E-state index in [0.717, 1.165) is 62.5 Å². The quantitative estimate of drug-likeness (QED) is 0.0537. The van der Waals surface area contributed by atoms with Crippen molar-refractivity contribution in [3.63, 3.8) is 0 Å². The molecule has 1 aromatic rings. The first kappa shape index (κ1) is 49.2. The Morgan fingerprint density at radius 3 is 0.981 bits per heavy atom.